The largest absolute Gasteiger partial charge is 0.484 e. The molecule has 1 fully saturated rings. The summed E-state index contributed by atoms with van der Waals surface area (Å²) in [6, 6.07) is 17.7. The third-order valence-corrected chi connectivity index (χ3v) is 5.34. The van der Waals surface area contributed by atoms with Gasteiger partial charge in [-0.2, -0.15) is 0 Å². The van der Waals surface area contributed by atoms with Crippen molar-refractivity contribution in [3.05, 3.63) is 65.2 Å². The van der Waals surface area contributed by atoms with Gasteiger partial charge < -0.3 is 15.0 Å². The molecule has 172 valence electrons. The van der Waals surface area contributed by atoms with E-state index in [0.29, 0.717) is 17.3 Å². The van der Waals surface area contributed by atoms with Crippen LogP contribution in [0, 0.1) is 0 Å². The van der Waals surface area contributed by atoms with Crippen LogP contribution in [0.2, 0.25) is 5.02 Å². The number of benzene rings is 2. The molecule has 0 spiro atoms. The lowest BCUT2D eigenvalue weighted by Crippen LogP contribution is -2.34. The Hall–Kier alpha value is -1.50. The molecular formula is C23H32Cl3N3O2. The maximum Gasteiger partial charge on any atom is 0.257 e. The van der Waals surface area contributed by atoms with Crippen molar-refractivity contribution in [2.75, 3.05) is 45.9 Å². The third-order valence-electron chi connectivity index (χ3n) is 5.09. The number of nitrogens with one attached hydrogen (secondary N) is 1. The smallest absolute Gasteiger partial charge is 0.257 e. The lowest BCUT2D eigenvalue weighted by Gasteiger charge is -2.22. The quantitative estimate of drug-likeness (QED) is 0.535. The lowest BCUT2D eigenvalue weighted by molar-refractivity contribution is -0.123. The van der Waals surface area contributed by atoms with Gasteiger partial charge in [0.15, 0.2) is 6.61 Å². The molecule has 1 saturated heterocycles. The minimum Gasteiger partial charge on any atom is -0.484 e. The highest BCUT2D eigenvalue weighted by Crippen LogP contribution is 2.15. The lowest BCUT2D eigenvalue weighted by atomic mass is 10.2. The standard InChI is InChI=1S/C23H30ClN3O2.2ClH/c24-21-8-10-22(11-9-21)29-19-23(28)25-12-4-13-26-14-5-15-27(17-16-26)18-20-6-2-1-3-7-20;;/h1-3,6-11H,4-5,12-19H2,(H,25,28);2*1H. The molecule has 31 heavy (non-hydrogen) atoms. The molecular weight excluding hydrogens is 457 g/mol. The van der Waals surface area contributed by atoms with Gasteiger partial charge in [-0.25, -0.2) is 0 Å². The van der Waals surface area contributed by atoms with Gasteiger partial charge in [-0.05, 0) is 62.3 Å². The van der Waals surface area contributed by atoms with Gasteiger partial charge in [0.2, 0.25) is 0 Å². The van der Waals surface area contributed by atoms with Gasteiger partial charge in [-0.1, -0.05) is 41.9 Å². The first-order chi connectivity index (χ1) is 14.2. The van der Waals surface area contributed by atoms with Crippen LogP contribution in [0.5, 0.6) is 5.75 Å². The molecule has 1 N–H and O–H groups in total. The summed E-state index contributed by atoms with van der Waals surface area (Å²) in [5, 5.41) is 3.59. The number of ether oxygens (including phenoxy) is 1. The van der Waals surface area contributed by atoms with Gasteiger partial charge in [-0.15, -0.1) is 24.8 Å². The zero-order chi connectivity index (χ0) is 20.3. The first-order valence-electron chi connectivity index (χ1n) is 10.3. The number of halogens is 3. The molecule has 2 aromatic carbocycles. The molecule has 0 aliphatic carbocycles. The first-order valence-corrected chi connectivity index (χ1v) is 10.7. The van der Waals surface area contributed by atoms with Crippen molar-refractivity contribution in [3.63, 3.8) is 0 Å². The number of hydrogen-bond acceptors (Lipinski definition) is 4. The summed E-state index contributed by atoms with van der Waals surface area (Å²) in [5.74, 6) is 0.555. The number of nitrogens with zero attached hydrogens (tertiary/aromatic N) is 2. The summed E-state index contributed by atoms with van der Waals surface area (Å²) in [5.41, 5.74) is 1.38. The van der Waals surface area contributed by atoms with E-state index in [0.717, 1.165) is 45.7 Å². The number of carbonyl (C=O) groups excluding carboxylic acids is 1. The molecule has 0 radical (unpaired) electrons. The van der Waals surface area contributed by atoms with Crippen LogP contribution in [0.4, 0.5) is 0 Å². The van der Waals surface area contributed by atoms with Crippen LogP contribution in [0.15, 0.2) is 54.6 Å². The summed E-state index contributed by atoms with van der Waals surface area (Å²) in [6.45, 7) is 7.18. The summed E-state index contributed by atoms with van der Waals surface area (Å²) < 4.78 is 5.46. The highest BCUT2D eigenvalue weighted by molar-refractivity contribution is 6.30. The topological polar surface area (TPSA) is 44.8 Å². The molecule has 0 saturated carbocycles. The van der Waals surface area contributed by atoms with E-state index in [2.05, 4.69) is 45.4 Å². The Morgan fingerprint density at radius 2 is 1.61 bits per heavy atom. The highest BCUT2D eigenvalue weighted by atomic mass is 35.5. The molecule has 3 rings (SSSR count). The molecule has 0 unspecified atom stereocenters. The van der Waals surface area contributed by atoms with Crippen molar-refractivity contribution in [2.45, 2.75) is 19.4 Å². The predicted molar refractivity (Wildman–Crippen MR) is 132 cm³/mol. The second kappa shape index (κ2) is 15.3. The summed E-state index contributed by atoms with van der Waals surface area (Å²) in [4.78, 5) is 17.0. The molecule has 5 nitrogen and oxygen atoms in total. The van der Waals surface area contributed by atoms with Crippen molar-refractivity contribution < 1.29 is 9.53 Å². The average Bonchev–Trinajstić information content (AvgIpc) is 2.97. The van der Waals surface area contributed by atoms with E-state index in [1.807, 2.05) is 0 Å². The van der Waals surface area contributed by atoms with Gasteiger partial charge >= 0.3 is 0 Å². The average molecular weight is 489 g/mol. The SMILES string of the molecule is Cl.Cl.O=C(COc1ccc(Cl)cc1)NCCCN1CCCN(Cc2ccccc2)CC1. The van der Waals surface area contributed by atoms with Gasteiger partial charge in [0.1, 0.15) is 5.75 Å². The van der Waals surface area contributed by atoms with E-state index in [4.69, 9.17) is 16.3 Å². The maximum atomic E-state index is 11.9. The summed E-state index contributed by atoms with van der Waals surface area (Å²) >= 11 is 5.84. The second-order valence-corrected chi connectivity index (χ2v) is 7.84. The first kappa shape index (κ1) is 27.5. The zero-order valence-corrected chi connectivity index (χ0v) is 20.1. The number of carbonyl (C=O) groups is 1. The normalized spacial score (nSPS) is 14.6. The van der Waals surface area contributed by atoms with E-state index >= 15 is 0 Å². The van der Waals surface area contributed by atoms with E-state index < -0.39 is 0 Å². The Balaban J connectivity index is 0.00000240. The molecule has 0 aromatic heterocycles. The molecule has 1 aliphatic heterocycles. The third kappa shape index (κ3) is 10.6. The van der Waals surface area contributed by atoms with E-state index in [9.17, 15) is 4.79 Å². The molecule has 1 heterocycles. The Kier molecular flexibility index (Phi) is 13.6. The Bertz CT molecular complexity index is 747. The minimum atomic E-state index is -0.0927. The van der Waals surface area contributed by atoms with Gasteiger partial charge in [0.05, 0.1) is 0 Å². The predicted octanol–water partition coefficient (Wildman–Crippen LogP) is 4.28. The fraction of sp³-hybridized carbons (Fsp3) is 0.435. The molecule has 1 amide bonds. The maximum absolute atomic E-state index is 11.9. The Morgan fingerprint density at radius 3 is 2.35 bits per heavy atom. The highest BCUT2D eigenvalue weighted by Gasteiger charge is 2.14. The second-order valence-electron chi connectivity index (χ2n) is 7.40. The number of rotatable bonds is 9. The van der Waals surface area contributed by atoms with Crippen molar-refractivity contribution in [1.82, 2.24) is 15.1 Å². The van der Waals surface area contributed by atoms with E-state index in [1.165, 1.54) is 12.0 Å². The van der Waals surface area contributed by atoms with Crippen molar-refractivity contribution >= 4 is 42.3 Å². The van der Waals surface area contributed by atoms with Gasteiger partial charge in [0, 0.05) is 31.2 Å². The molecule has 2 aromatic rings. The Labute approximate surface area is 202 Å². The van der Waals surface area contributed by atoms with Gasteiger partial charge in [-0.3, -0.25) is 9.69 Å². The molecule has 1 aliphatic rings. The number of hydrogen-bond donors (Lipinski definition) is 1. The molecule has 0 atom stereocenters. The fourth-order valence-electron chi connectivity index (χ4n) is 3.51. The van der Waals surface area contributed by atoms with Crippen molar-refractivity contribution in [1.29, 1.82) is 0 Å². The minimum absolute atomic E-state index is 0. The van der Waals surface area contributed by atoms with Crippen LogP contribution in [0.3, 0.4) is 0 Å². The van der Waals surface area contributed by atoms with Gasteiger partial charge in [0.25, 0.3) is 5.91 Å². The summed E-state index contributed by atoms with van der Waals surface area (Å²) in [6.07, 6.45) is 2.14. The summed E-state index contributed by atoms with van der Waals surface area (Å²) in [7, 11) is 0. The van der Waals surface area contributed by atoms with E-state index in [-0.39, 0.29) is 37.3 Å². The Morgan fingerprint density at radius 1 is 0.935 bits per heavy atom. The van der Waals surface area contributed by atoms with Crippen molar-refractivity contribution in [3.8, 4) is 5.75 Å². The van der Waals surface area contributed by atoms with Crippen LogP contribution >= 0.6 is 36.4 Å². The number of amides is 1. The molecule has 0 bridgehead atoms. The van der Waals surface area contributed by atoms with Crippen LogP contribution in [0.1, 0.15) is 18.4 Å². The van der Waals surface area contributed by atoms with Crippen LogP contribution < -0.4 is 10.1 Å². The van der Waals surface area contributed by atoms with Crippen molar-refractivity contribution in [2.24, 2.45) is 0 Å². The van der Waals surface area contributed by atoms with Crippen LogP contribution in [0.25, 0.3) is 0 Å². The van der Waals surface area contributed by atoms with Crippen LogP contribution in [-0.4, -0.2) is 61.6 Å². The van der Waals surface area contributed by atoms with E-state index in [1.54, 1.807) is 24.3 Å². The fourth-order valence-corrected chi connectivity index (χ4v) is 3.63. The zero-order valence-electron chi connectivity index (χ0n) is 17.7. The van der Waals surface area contributed by atoms with Crippen LogP contribution in [-0.2, 0) is 11.3 Å². The molecule has 8 heteroatoms. The monoisotopic (exact) mass is 487 g/mol.